The highest BCUT2D eigenvalue weighted by Crippen LogP contribution is 2.40. The lowest BCUT2D eigenvalue weighted by Crippen LogP contribution is -2.40. The molecule has 0 aliphatic carbocycles. The van der Waals surface area contributed by atoms with Crippen molar-refractivity contribution in [1.29, 1.82) is 0 Å². The fourth-order valence-electron chi connectivity index (χ4n) is 7.01. The standard InChI is InChI=1S/C32H42N6O2/c1-20(2)30-26-16-24(23-9-13-37(14-10-23)29(40)11-15-36-12-5-6-25(36)18-39)7-8-28(26)35-31(30)27-17-38-32(33-19-34-38)22(4)21(27)3/h7-8,16-17,19-20,23,25,35,39H,5-6,9-15,18H2,1-4H3/t25-/m0/s1. The highest BCUT2D eigenvalue weighted by atomic mass is 16.3. The van der Waals surface area contributed by atoms with Crippen molar-refractivity contribution in [2.24, 2.45) is 0 Å². The van der Waals surface area contributed by atoms with Crippen LogP contribution in [0, 0.1) is 13.8 Å². The van der Waals surface area contributed by atoms with Gasteiger partial charge in [0.25, 0.3) is 0 Å². The molecule has 40 heavy (non-hydrogen) atoms. The van der Waals surface area contributed by atoms with Crippen LogP contribution in [-0.2, 0) is 4.79 Å². The Balaban J connectivity index is 1.20. The number of aliphatic hydroxyl groups excluding tert-OH is 1. The number of rotatable bonds is 7. The van der Waals surface area contributed by atoms with Crippen LogP contribution < -0.4 is 0 Å². The van der Waals surface area contributed by atoms with Crippen molar-refractivity contribution in [3.63, 3.8) is 0 Å². The second-order valence-electron chi connectivity index (χ2n) is 12.1. The van der Waals surface area contributed by atoms with Crippen LogP contribution in [0.15, 0.2) is 30.7 Å². The normalized spacial score (nSPS) is 19.1. The first-order valence-corrected chi connectivity index (χ1v) is 14.9. The molecule has 1 atom stereocenters. The van der Waals surface area contributed by atoms with E-state index in [2.05, 4.69) is 77.0 Å². The predicted octanol–water partition coefficient (Wildman–Crippen LogP) is 5.17. The molecule has 212 valence electrons. The molecule has 0 saturated carbocycles. The summed E-state index contributed by atoms with van der Waals surface area (Å²) < 4.78 is 1.88. The number of carbonyl (C=O) groups excluding carboxylic acids is 1. The van der Waals surface area contributed by atoms with Gasteiger partial charge in [0.05, 0.1) is 12.3 Å². The molecule has 2 fully saturated rings. The minimum absolute atomic E-state index is 0.196. The Morgan fingerprint density at radius 3 is 2.67 bits per heavy atom. The summed E-state index contributed by atoms with van der Waals surface area (Å²) in [6.45, 7) is 12.4. The highest BCUT2D eigenvalue weighted by molar-refractivity contribution is 5.92. The topological polar surface area (TPSA) is 89.8 Å². The molecule has 1 aromatic carbocycles. The predicted molar refractivity (Wildman–Crippen MR) is 159 cm³/mol. The van der Waals surface area contributed by atoms with E-state index < -0.39 is 0 Å². The molecule has 4 aromatic rings. The van der Waals surface area contributed by atoms with Crippen molar-refractivity contribution >= 4 is 22.5 Å². The van der Waals surface area contributed by atoms with Crippen molar-refractivity contribution in [3.05, 3.63) is 53.0 Å². The number of fused-ring (bicyclic) bond motifs is 2. The van der Waals surface area contributed by atoms with E-state index in [0.29, 0.717) is 18.3 Å². The summed E-state index contributed by atoms with van der Waals surface area (Å²) in [6.07, 6.45) is 8.42. The molecule has 2 aliphatic heterocycles. The molecule has 8 nitrogen and oxygen atoms in total. The number of hydrogen-bond donors (Lipinski definition) is 2. The van der Waals surface area contributed by atoms with Crippen LogP contribution in [0.1, 0.15) is 80.0 Å². The van der Waals surface area contributed by atoms with Crippen molar-refractivity contribution in [3.8, 4) is 11.3 Å². The lowest BCUT2D eigenvalue weighted by Gasteiger charge is -2.33. The van der Waals surface area contributed by atoms with Crippen LogP contribution >= 0.6 is 0 Å². The number of aryl methyl sites for hydroxylation is 1. The molecular weight excluding hydrogens is 500 g/mol. The van der Waals surface area contributed by atoms with Crippen LogP contribution in [0.25, 0.3) is 27.8 Å². The van der Waals surface area contributed by atoms with Gasteiger partial charge in [-0.1, -0.05) is 19.9 Å². The van der Waals surface area contributed by atoms with E-state index in [4.69, 9.17) is 0 Å². The fraction of sp³-hybridized carbons (Fsp3) is 0.531. The molecule has 6 rings (SSSR count). The molecule has 0 spiro atoms. The lowest BCUT2D eigenvalue weighted by molar-refractivity contribution is -0.132. The number of piperidine rings is 1. The van der Waals surface area contributed by atoms with Gasteiger partial charge in [0, 0.05) is 54.8 Å². The molecule has 1 amide bonds. The van der Waals surface area contributed by atoms with Gasteiger partial charge in [0.15, 0.2) is 5.65 Å². The number of nitrogens with one attached hydrogen (secondary N) is 1. The Kier molecular flexibility index (Phi) is 7.40. The van der Waals surface area contributed by atoms with E-state index in [0.717, 1.165) is 68.6 Å². The molecule has 2 aliphatic rings. The van der Waals surface area contributed by atoms with Gasteiger partial charge in [-0.2, -0.15) is 5.10 Å². The summed E-state index contributed by atoms with van der Waals surface area (Å²) in [5.41, 5.74) is 9.49. The third-order valence-electron chi connectivity index (χ3n) is 9.48. The number of pyridine rings is 1. The number of carbonyl (C=O) groups is 1. The van der Waals surface area contributed by atoms with E-state index in [1.54, 1.807) is 6.33 Å². The zero-order valence-electron chi connectivity index (χ0n) is 24.3. The summed E-state index contributed by atoms with van der Waals surface area (Å²) in [6, 6.07) is 7.14. The van der Waals surface area contributed by atoms with Crippen LogP contribution in [0.3, 0.4) is 0 Å². The summed E-state index contributed by atoms with van der Waals surface area (Å²) >= 11 is 0. The van der Waals surface area contributed by atoms with Crippen LogP contribution in [0.2, 0.25) is 0 Å². The molecular formula is C32H42N6O2. The van der Waals surface area contributed by atoms with Crippen molar-refractivity contribution in [2.75, 3.05) is 32.8 Å². The largest absolute Gasteiger partial charge is 0.395 e. The summed E-state index contributed by atoms with van der Waals surface area (Å²) in [4.78, 5) is 25.5. The summed E-state index contributed by atoms with van der Waals surface area (Å²) in [7, 11) is 0. The molecule has 3 aromatic heterocycles. The van der Waals surface area contributed by atoms with E-state index in [1.807, 2.05) is 4.52 Å². The van der Waals surface area contributed by atoms with Crippen LogP contribution in [0.5, 0.6) is 0 Å². The Morgan fingerprint density at radius 2 is 1.93 bits per heavy atom. The van der Waals surface area contributed by atoms with Gasteiger partial charge < -0.3 is 15.0 Å². The molecule has 5 heterocycles. The molecule has 0 unspecified atom stereocenters. The average Bonchev–Trinajstić information content (AvgIpc) is 3.71. The van der Waals surface area contributed by atoms with Gasteiger partial charge >= 0.3 is 0 Å². The number of aromatic amines is 1. The number of hydrogen-bond acceptors (Lipinski definition) is 5. The number of amides is 1. The SMILES string of the molecule is Cc1c(-c2[nH]c3ccc(C4CCN(C(=O)CCN5CCC[C@H]5CO)CC4)cc3c2C(C)C)cn2ncnc2c1C. The van der Waals surface area contributed by atoms with E-state index in [-0.39, 0.29) is 18.6 Å². The molecule has 8 heteroatoms. The van der Waals surface area contributed by atoms with Gasteiger partial charge in [0.2, 0.25) is 5.91 Å². The maximum atomic E-state index is 13.0. The second kappa shape index (κ2) is 11.0. The molecule has 0 radical (unpaired) electrons. The maximum absolute atomic E-state index is 13.0. The lowest BCUT2D eigenvalue weighted by atomic mass is 9.87. The second-order valence-corrected chi connectivity index (χ2v) is 12.1. The van der Waals surface area contributed by atoms with E-state index in [1.165, 1.54) is 33.3 Å². The number of H-pyrrole nitrogens is 1. The number of aromatic nitrogens is 4. The van der Waals surface area contributed by atoms with Gasteiger partial charge in [-0.05, 0) is 92.3 Å². The smallest absolute Gasteiger partial charge is 0.223 e. The molecule has 0 bridgehead atoms. The van der Waals surface area contributed by atoms with Crippen molar-refractivity contribution < 1.29 is 9.90 Å². The minimum atomic E-state index is 0.196. The van der Waals surface area contributed by atoms with E-state index >= 15 is 0 Å². The zero-order chi connectivity index (χ0) is 28.0. The maximum Gasteiger partial charge on any atom is 0.223 e. The van der Waals surface area contributed by atoms with Crippen molar-refractivity contribution in [2.45, 2.75) is 77.7 Å². The molecule has 2 saturated heterocycles. The third-order valence-corrected chi connectivity index (χ3v) is 9.48. The van der Waals surface area contributed by atoms with Gasteiger partial charge in [-0.15, -0.1) is 0 Å². The Labute approximate surface area is 236 Å². The first-order valence-electron chi connectivity index (χ1n) is 14.9. The fourth-order valence-corrected chi connectivity index (χ4v) is 7.01. The average molecular weight is 543 g/mol. The van der Waals surface area contributed by atoms with Gasteiger partial charge in [0.1, 0.15) is 6.33 Å². The van der Waals surface area contributed by atoms with E-state index in [9.17, 15) is 9.90 Å². The number of aliphatic hydroxyl groups is 1. The summed E-state index contributed by atoms with van der Waals surface area (Å²) in [5, 5.41) is 15.3. The number of benzene rings is 1. The zero-order valence-corrected chi connectivity index (χ0v) is 24.3. The van der Waals surface area contributed by atoms with Gasteiger partial charge in [-0.25, -0.2) is 9.50 Å². The van der Waals surface area contributed by atoms with Crippen molar-refractivity contribution in [1.82, 2.24) is 29.4 Å². The summed E-state index contributed by atoms with van der Waals surface area (Å²) in [5.74, 6) is 1.06. The quantitative estimate of drug-likeness (QED) is 0.336. The first-order chi connectivity index (χ1) is 19.4. The minimum Gasteiger partial charge on any atom is -0.395 e. The number of likely N-dealkylation sites (tertiary alicyclic amines) is 2. The van der Waals surface area contributed by atoms with Crippen LogP contribution in [-0.4, -0.2) is 79.2 Å². The Bertz CT molecular complexity index is 1530. The molecule has 2 N–H and O–H groups in total. The van der Waals surface area contributed by atoms with Gasteiger partial charge in [-0.3, -0.25) is 9.69 Å². The highest BCUT2D eigenvalue weighted by Gasteiger charge is 2.28. The third kappa shape index (κ3) is 4.81. The Morgan fingerprint density at radius 1 is 1.12 bits per heavy atom. The first kappa shape index (κ1) is 27.0. The number of nitrogens with zero attached hydrogens (tertiary/aromatic N) is 5. The Hall–Kier alpha value is -3.23. The monoisotopic (exact) mass is 542 g/mol. The van der Waals surface area contributed by atoms with Crippen LogP contribution in [0.4, 0.5) is 0 Å².